The molecule has 2 bridgehead atoms. The van der Waals surface area contributed by atoms with Crippen molar-refractivity contribution >= 4 is 17.9 Å². The van der Waals surface area contributed by atoms with E-state index < -0.39 is 54.0 Å². The van der Waals surface area contributed by atoms with E-state index in [1.807, 2.05) is 13.1 Å². The van der Waals surface area contributed by atoms with Gasteiger partial charge in [-0.15, -0.1) is 0 Å². The second-order valence-corrected chi connectivity index (χ2v) is 10.7. The van der Waals surface area contributed by atoms with Crippen LogP contribution in [0.4, 0.5) is 0 Å². The predicted octanol–water partition coefficient (Wildman–Crippen LogP) is 2.36. The van der Waals surface area contributed by atoms with Gasteiger partial charge in [-0.05, 0) is 44.1 Å². The van der Waals surface area contributed by atoms with Crippen LogP contribution in [0.3, 0.4) is 0 Å². The van der Waals surface area contributed by atoms with Crippen LogP contribution in [0.5, 0.6) is 11.5 Å². The van der Waals surface area contributed by atoms with E-state index in [-0.39, 0.29) is 24.0 Å². The van der Waals surface area contributed by atoms with Gasteiger partial charge in [-0.25, -0.2) is 4.79 Å². The lowest BCUT2D eigenvalue weighted by atomic mass is 9.50. The van der Waals surface area contributed by atoms with Gasteiger partial charge in [0.1, 0.15) is 5.76 Å². The van der Waals surface area contributed by atoms with E-state index in [4.69, 9.17) is 19.3 Å². The van der Waals surface area contributed by atoms with Gasteiger partial charge in [0.05, 0.1) is 23.9 Å². The number of likely N-dealkylation sites (tertiary alicyclic amines) is 1. The van der Waals surface area contributed by atoms with Crippen molar-refractivity contribution < 1.29 is 43.9 Å². The van der Waals surface area contributed by atoms with Crippen molar-refractivity contribution in [1.29, 1.82) is 0 Å². The molecular weight excluding hydrogens is 506 g/mol. The summed E-state index contributed by atoms with van der Waals surface area (Å²) >= 11 is 0. The van der Waals surface area contributed by atoms with Crippen molar-refractivity contribution in [2.45, 2.75) is 61.4 Å². The number of carboxylic acids is 1. The van der Waals surface area contributed by atoms with Crippen LogP contribution in [0.2, 0.25) is 0 Å². The summed E-state index contributed by atoms with van der Waals surface area (Å²) in [5.41, 5.74) is -0.0371. The Hall–Kier alpha value is -3.89. The molecule has 6 rings (SSSR count). The van der Waals surface area contributed by atoms with Crippen LogP contribution >= 0.6 is 0 Å². The van der Waals surface area contributed by atoms with E-state index in [0.29, 0.717) is 30.7 Å². The molecule has 0 aromatic heterocycles. The van der Waals surface area contributed by atoms with E-state index in [9.17, 15) is 24.6 Å². The fourth-order valence-corrected chi connectivity index (χ4v) is 6.89. The predicted molar refractivity (Wildman–Crippen MR) is 135 cm³/mol. The highest BCUT2D eigenvalue weighted by molar-refractivity contribution is 5.83. The molecule has 204 valence electrons. The summed E-state index contributed by atoms with van der Waals surface area (Å²) in [6, 6.07) is 11.6. The maximum Gasteiger partial charge on any atom is 0.357 e. The highest BCUT2D eigenvalue weighted by Crippen LogP contribution is 2.65. The van der Waals surface area contributed by atoms with Gasteiger partial charge >= 0.3 is 17.9 Å². The molecule has 3 N–H and O–H groups in total. The van der Waals surface area contributed by atoms with Gasteiger partial charge < -0.3 is 34.4 Å². The first-order valence-corrected chi connectivity index (χ1v) is 13.0. The minimum atomic E-state index is -1.43. The molecule has 0 unspecified atom stereocenters. The van der Waals surface area contributed by atoms with Gasteiger partial charge in [0.25, 0.3) is 0 Å². The fraction of sp³-hybridized carbons (Fsp3) is 0.414. The minimum absolute atomic E-state index is 0.0440. The fourth-order valence-electron chi connectivity index (χ4n) is 6.89. The molecule has 4 aliphatic rings. The Balaban J connectivity index is 1.35. The smallest absolute Gasteiger partial charge is 0.357 e. The van der Waals surface area contributed by atoms with E-state index in [1.165, 1.54) is 0 Å². The van der Waals surface area contributed by atoms with Crippen LogP contribution < -0.4 is 4.74 Å². The zero-order chi connectivity index (χ0) is 27.5. The van der Waals surface area contributed by atoms with Crippen molar-refractivity contribution in [1.82, 2.24) is 4.90 Å². The number of aliphatic hydroxyl groups is 1. The number of nitrogens with zero attached hydrogens (tertiary/aromatic N) is 1. The topological polar surface area (TPSA) is 143 Å². The Morgan fingerprint density at radius 3 is 2.67 bits per heavy atom. The molecule has 1 saturated heterocycles. The number of carboxylic acid groups (broad SMARTS) is 1. The SMILES string of the molecule is CN1CC[C@]23c4c5ccc(O)c4O[C@H]2C(OC(=O)[C@@H](OC(=O)CCC(=O)O)c2ccccc2)=CC[C@@]3(O)[C@@H]1C5. The number of aliphatic carboxylic acids is 1. The molecule has 5 atom stereocenters. The Morgan fingerprint density at radius 1 is 1.15 bits per heavy atom. The second-order valence-electron chi connectivity index (χ2n) is 10.7. The van der Waals surface area contributed by atoms with Gasteiger partial charge in [-0.2, -0.15) is 0 Å². The van der Waals surface area contributed by atoms with Crippen LogP contribution in [0, 0.1) is 0 Å². The van der Waals surface area contributed by atoms with Crippen molar-refractivity contribution in [3.8, 4) is 11.5 Å². The Labute approximate surface area is 224 Å². The lowest BCUT2D eigenvalue weighted by Gasteiger charge is -2.61. The molecule has 1 fully saturated rings. The summed E-state index contributed by atoms with van der Waals surface area (Å²) in [7, 11) is 1.98. The normalized spacial score (nSPS) is 28.9. The number of hydrogen-bond donors (Lipinski definition) is 3. The monoisotopic (exact) mass is 535 g/mol. The van der Waals surface area contributed by atoms with E-state index in [1.54, 1.807) is 42.5 Å². The average Bonchev–Trinajstić information content (AvgIpc) is 3.28. The zero-order valence-corrected chi connectivity index (χ0v) is 21.3. The first-order chi connectivity index (χ1) is 18.7. The molecule has 2 aromatic carbocycles. The summed E-state index contributed by atoms with van der Waals surface area (Å²) < 4.78 is 17.6. The number of phenolic OH excluding ortho intramolecular Hbond substituents is 1. The number of benzene rings is 2. The van der Waals surface area contributed by atoms with Crippen molar-refractivity contribution in [3.05, 3.63) is 71.0 Å². The first kappa shape index (κ1) is 25.4. The number of rotatable bonds is 7. The minimum Gasteiger partial charge on any atom is -0.504 e. The van der Waals surface area contributed by atoms with Crippen LogP contribution in [-0.4, -0.2) is 69.5 Å². The lowest BCUT2D eigenvalue weighted by Crippen LogP contribution is -2.74. The van der Waals surface area contributed by atoms with E-state index in [2.05, 4.69) is 4.90 Å². The van der Waals surface area contributed by atoms with Gasteiger partial charge in [0, 0.05) is 23.6 Å². The number of aromatic hydroxyl groups is 1. The highest BCUT2D eigenvalue weighted by atomic mass is 16.6. The third kappa shape index (κ3) is 3.73. The molecule has 2 aliphatic carbocycles. The molecular formula is C29H29NO9. The summed E-state index contributed by atoms with van der Waals surface area (Å²) in [6.07, 6.45) is -0.179. The van der Waals surface area contributed by atoms with Gasteiger partial charge in [-0.1, -0.05) is 36.4 Å². The summed E-state index contributed by atoms with van der Waals surface area (Å²) in [5, 5.41) is 31.8. The Morgan fingerprint density at radius 2 is 1.92 bits per heavy atom. The molecule has 1 spiro atoms. The molecule has 2 aliphatic heterocycles. The lowest BCUT2D eigenvalue weighted by molar-refractivity contribution is -0.176. The summed E-state index contributed by atoms with van der Waals surface area (Å²) in [6.45, 7) is 0.677. The van der Waals surface area contributed by atoms with Gasteiger partial charge in [-0.3, -0.25) is 9.59 Å². The van der Waals surface area contributed by atoms with Crippen LogP contribution in [-0.2, 0) is 35.7 Å². The number of esters is 2. The second kappa shape index (κ2) is 9.10. The molecule has 0 amide bonds. The van der Waals surface area contributed by atoms with Crippen LogP contribution in [0.25, 0.3) is 0 Å². The number of carbonyl (C=O) groups is 3. The van der Waals surface area contributed by atoms with Crippen molar-refractivity contribution in [2.75, 3.05) is 13.6 Å². The molecule has 39 heavy (non-hydrogen) atoms. The maximum absolute atomic E-state index is 13.5. The number of phenols is 1. The average molecular weight is 536 g/mol. The third-order valence-electron chi connectivity index (χ3n) is 8.68. The molecule has 0 saturated carbocycles. The van der Waals surface area contributed by atoms with Gasteiger partial charge in [0.15, 0.2) is 17.6 Å². The molecule has 2 heterocycles. The van der Waals surface area contributed by atoms with Crippen LogP contribution in [0.1, 0.15) is 48.5 Å². The first-order valence-electron chi connectivity index (χ1n) is 13.0. The van der Waals surface area contributed by atoms with E-state index in [0.717, 1.165) is 11.1 Å². The van der Waals surface area contributed by atoms with Gasteiger partial charge in [0.2, 0.25) is 6.10 Å². The number of hydrogen-bond acceptors (Lipinski definition) is 9. The van der Waals surface area contributed by atoms with Crippen LogP contribution in [0.15, 0.2) is 54.3 Å². The zero-order valence-electron chi connectivity index (χ0n) is 21.3. The molecule has 10 heteroatoms. The highest BCUT2D eigenvalue weighted by Gasteiger charge is 2.72. The maximum atomic E-state index is 13.5. The Kier molecular flexibility index (Phi) is 5.92. The van der Waals surface area contributed by atoms with Crippen molar-refractivity contribution in [2.24, 2.45) is 0 Å². The molecule has 10 nitrogen and oxygen atoms in total. The summed E-state index contributed by atoms with van der Waals surface area (Å²) in [5.74, 6) is -2.45. The number of ether oxygens (including phenoxy) is 3. The Bertz CT molecular complexity index is 1390. The quantitative estimate of drug-likeness (QED) is 0.452. The third-order valence-corrected chi connectivity index (χ3v) is 8.68. The largest absolute Gasteiger partial charge is 0.504 e. The van der Waals surface area contributed by atoms with Crippen molar-refractivity contribution in [3.63, 3.8) is 0 Å². The molecule has 0 radical (unpaired) electrons. The number of piperidine rings is 1. The molecule has 2 aromatic rings. The standard InChI is InChI=1S/C29H29NO9/c1-30-14-13-28-23-17-7-8-18(31)25(23)39-26(28)19(11-12-29(28,36)20(30)15-17)37-27(35)24(16-5-3-2-4-6-16)38-22(34)10-9-21(32)33/h2-8,11,20,24,26,31,36H,9-10,12-15H2,1H3,(H,32,33)/t20-,24-,26-,28-,29+/m0/s1. The number of likely N-dealkylation sites (N-methyl/N-ethyl adjacent to an activating group) is 1. The van der Waals surface area contributed by atoms with E-state index >= 15 is 0 Å². The summed E-state index contributed by atoms with van der Waals surface area (Å²) in [4.78, 5) is 39.0. The number of carbonyl (C=O) groups excluding carboxylic acids is 2.